The highest BCUT2D eigenvalue weighted by Gasteiger charge is 2.38. The molecule has 0 aliphatic heterocycles. The fourth-order valence-electron chi connectivity index (χ4n) is 6.67. The summed E-state index contributed by atoms with van der Waals surface area (Å²) in [7, 11) is 0. The number of hydrogen-bond donors (Lipinski definition) is 0. The van der Waals surface area contributed by atoms with Gasteiger partial charge in [0.2, 0.25) is 0 Å². The van der Waals surface area contributed by atoms with E-state index in [1.54, 1.807) is 0 Å². The van der Waals surface area contributed by atoms with Gasteiger partial charge in [-0.25, -0.2) is 0 Å². The van der Waals surface area contributed by atoms with Crippen LogP contribution in [-0.2, 0) is 5.66 Å². The van der Waals surface area contributed by atoms with Gasteiger partial charge in [-0.3, -0.25) is 0 Å². The van der Waals surface area contributed by atoms with Crippen LogP contribution in [0.25, 0.3) is 49.2 Å². The molecule has 0 saturated heterocycles. The van der Waals surface area contributed by atoms with E-state index in [-0.39, 0.29) is 0 Å². The average molecular weight is 802 g/mol. The average Bonchev–Trinajstić information content (AvgIpc) is 3.49. The highest BCUT2D eigenvalue weighted by atomic mass is 79.9. The molecule has 0 amide bonds. The van der Waals surface area contributed by atoms with Gasteiger partial charge in [-0.2, -0.15) is 0 Å². The maximum absolute atomic E-state index is 3.75. The molecule has 8 rings (SSSR count). The summed E-state index contributed by atoms with van der Waals surface area (Å²) < 4.78 is 9.38. The zero-order valence-corrected chi connectivity index (χ0v) is 28.5. The Balaban J connectivity index is 1.53. The van der Waals surface area contributed by atoms with Crippen LogP contribution in [0.2, 0.25) is 0 Å². The van der Waals surface area contributed by atoms with Crippen LogP contribution in [0, 0.1) is 0 Å². The second kappa shape index (κ2) is 10.1. The molecule has 0 radical (unpaired) electrons. The Kier molecular flexibility index (Phi) is 6.41. The maximum Gasteiger partial charge on any atom is 0.145 e. The number of halogens is 4. The van der Waals surface area contributed by atoms with Crippen molar-refractivity contribution in [1.29, 1.82) is 0 Å². The third-order valence-corrected chi connectivity index (χ3v) is 10.4. The first-order valence-electron chi connectivity index (χ1n) is 13.7. The molecule has 1 aliphatic carbocycles. The van der Waals surface area contributed by atoms with Crippen molar-refractivity contribution >= 4 is 113 Å². The minimum Gasteiger partial charge on any atom is -0.313 e. The van der Waals surface area contributed by atoms with Crippen molar-refractivity contribution in [3.05, 3.63) is 145 Å². The Labute approximate surface area is 276 Å². The number of allylic oxidation sites excluding steroid dienone is 4. The molecule has 2 aromatic heterocycles. The van der Waals surface area contributed by atoms with Crippen LogP contribution < -0.4 is 0 Å². The first-order valence-corrected chi connectivity index (χ1v) is 16.8. The van der Waals surface area contributed by atoms with Crippen molar-refractivity contribution in [2.45, 2.75) is 12.1 Å². The Morgan fingerprint density at radius 2 is 0.905 bits per heavy atom. The molecule has 42 heavy (non-hydrogen) atoms. The normalized spacial score (nSPS) is 14.8. The lowest BCUT2D eigenvalue weighted by Crippen LogP contribution is -2.39. The monoisotopic (exact) mass is 798 g/mol. The molecule has 6 heteroatoms. The highest BCUT2D eigenvalue weighted by Crippen LogP contribution is 2.46. The molecular weight excluding hydrogens is 780 g/mol. The Hall–Kier alpha value is -2.90. The van der Waals surface area contributed by atoms with Gasteiger partial charge in [0.1, 0.15) is 5.66 Å². The first kappa shape index (κ1) is 26.7. The summed E-state index contributed by atoms with van der Waals surface area (Å²) in [6, 6.07) is 37.2. The molecule has 0 fully saturated rings. The molecule has 0 saturated carbocycles. The van der Waals surface area contributed by atoms with E-state index in [9.17, 15) is 0 Å². The second-order valence-corrected chi connectivity index (χ2v) is 14.4. The molecule has 0 bridgehead atoms. The van der Waals surface area contributed by atoms with Gasteiger partial charge in [0.25, 0.3) is 0 Å². The van der Waals surface area contributed by atoms with E-state index in [1.165, 1.54) is 54.7 Å². The Morgan fingerprint density at radius 3 is 1.26 bits per heavy atom. The van der Waals surface area contributed by atoms with Crippen LogP contribution in [0.3, 0.4) is 0 Å². The molecule has 2 heterocycles. The van der Waals surface area contributed by atoms with Crippen molar-refractivity contribution in [1.82, 2.24) is 9.13 Å². The molecule has 7 aromatic rings. The van der Waals surface area contributed by atoms with Crippen molar-refractivity contribution in [3.8, 4) is 0 Å². The zero-order valence-electron chi connectivity index (χ0n) is 22.2. The van der Waals surface area contributed by atoms with Gasteiger partial charge in [0.05, 0.1) is 22.1 Å². The zero-order chi connectivity index (χ0) is 28.6. The van der Waals surface area contributed by atoms with E-state index in [0.717, 1.165) is 24.3 Å². The summed E-state index contributed by atoms with van der Waals surface area (Å²) in [6.45, 7) is 0. The van der Waals surface area contributed by atoms with Crippen LogP contribution in [0.4, 0.5) is 0 Å². The quantitative estimate of drug-likeness (QED) is 0.168. The lowest BCUT2D eigenvalue weighted by molar-refractivity contribution is 0.346. The number of rotatable bonds is 3. The lowest BCUT2D eigenvalue weighted by Gasteiger charge is -2.39. The van der Waals surface area contributed by atoms with E-state index < -0.39 is 5.66 Å². The first-order chi connectivity index (χ1) is 20.4. The highest BCUT2D eigenvalue weighted by molar-refractivity contribution is 9.11. The van der Waals surface area contributed by atoms with Gasteiger partial charge in [0.15, 0.2) is 0 Å². The van der Waals surface area contributed by atoms with Gasteiger partial charge in [0, 0.05) is 45.9 Å². The van der Waals surface area contributed by atoms with Gasteiger partial charge in [-0.15, -0.1) is 0 Å². The van der Waals surface area contributed by atoms with E-state index in [1.807, 2.05) is 0 Å². The summed E-state index contributed by atoms with van der Waals surface area (Å²) >= 11 is 15.0. The SMILES string of the molecule is Brc1ccc2c(c1)c1cc(Br)ccc1n2C1(n2c3ccc(Br)cc3c3cc(Br)ccc32)C=CC(c2ccccc2)=CC1. The fraction of sp³-hybridized carbons (Fsp3) is 0.0556. The summed E-state index contributed by atoms with van der Waals surface area (Å²) in [5.41, 5.74) is 6.68. The molecule has 0 atom stereocenters. The topological polar surface area (TPSA) is 9.86 Å². The molecule has 0 N–H and O–H groups in total. The molecule has 5 aromatic carbocycles. The Morgan fingerprint density at radius 1 is 0.500 bits per heavy atom. The van der Waals surface area contributed by atoms with E-state index in [4.69, 9.17) is 0 Å². The number of hydrogen-bond acceptors (Lipinski definition) is 0. The molecule has 1 aliphatic rings. The molecule has 2 nitrogen and oxygen atoms in total. The van der Waals surface area contributed by atoms with Crippen LogP contribution >= 0.6 is 63.7 Å². The van der Waals surface area contributed by atoms with Crippen molar-refractivity contribution in [2.75, 3.05) is 0 Å². The predicted molar refractivity (Wildman–Crippen MR) is 191 cm³/mol. The lowest BCUT2D eigenvalue weighted by atomic mass is 9.91. The number of nitrogens with zero attached hydrogens (tertiary/aromatic N) is 2. The number of fused-ring (bicyclic) bond motifs is 6. The smallest absolute Gasteiger partial charge is 0.145 e. The number of benzene rings is 5. The second-order valence-electron chi connectivity index (χ2n) is 10.8. The summed E-state index contributed by atoms with van der Waals surface area (Å²) in [5.74, 6) is 0. The Bertz CT molecular complexity index is 2030. The minimum atomic E-state index is -0.554. The summed E-state index contributed by atoms with van der Waals surface area (Å²) in [4.78, 5) is 0. The summed E-state index contributed by atoms with van der Waals surface area (Å²) in [5, 5.41) is 4.88. The van der Waals surface area contributed by atoms with Gasteiger partial charge >= 0.3 is 0 Å². The van der Waals surface area contributed by atoms with Gasteiger partial charge < -0.3 is 9.13 Å². The van der Waals surface area contributed by atoms with Crippen LogP contribution in [-0.4, -0.2) is 9.13 Å². The minimum absolute atomic E-state index is 0.554. The van der Waals surface area contributed by atoms with E-state index in [2.05, 4.69) is 194 Å². The van der Waals surface area contributed by atoms with E-state index in [0.29, 0.717) is 0 Å². The van der Waals surface area contributed by atoms with Crippen LogP contribution in [0.15, 0.2) is 139 Å². The number of aromatic nitrogens is 2. The van der Waals surface area contributed by atoms with Crippen molar-refractivity contribution < 1.29 is 0 Å². The van der Waals surface area contributed by atoms with Gasteiger partial charge in [-0.1, -0.05) is 106 Å². The van der Waals surface area contributed by atoms with Crippen LogP contribution in [0.5, 0.6) is 0 Å². The standard InChI is InChI=1S/C36H22Br4N2/c37-24-6-10-32-28(18-24)29-19-25(38)7-11-33(29)41(32)36(16-14-23(15-17-36)22-4-2-1-3-5-22)42-34-12-8-26(39)20-30(34)31-21-27(40)9-13-35(31)42/h1-16,18-21H,17H2. The van der Waals surface area contributed by atoms with Crippen LogP contribution in [0.1, 0.15) is 12.0 Å². The maximum atomic E-state index is 3.75. The largest absolute Gasteiger partial charge is 0.313 e. The molecule has 204 valence electrons. The van der Waals surface area contributed by atoms with Crippen molar-refractivity contribution in [2.24, 2.45) is 0 Å². The fourth-order valence-corrected chi connectivity index (χ4v) is 8.11. The third-order valence-electron chi connectivity index (χ3n) is 8.41. The third kappa shape index (κ3) is 4.06. The van der Waals surface area contributed by atoms with E-state index >= 15 is 0 Å². The molecule has 0 spiro atoms. The van der Waals surface area contributed by atoms with Gasteiger partial charge in [-0.05, 0) is 90.0 Å². The predicted octanol–water partition coefficient (Wildman–Crippen LogP) is 12.2. The molecular formula is C36H22Br4N2. The molecule has 0 unspecified atom stereocenters. The van der Waals surface area contributed by atoms with Crippen molar-refractivity contribution in [3.63, 3.8) is 0 Å². The summed E-state index contributed by atoms with van der Waals surface area (Å²) in [6.07, 6.45) is 7.91.